The van der Waals surface area contributed by atoms with Crippen LogP contribution in [0, 0.1) is 5.92 Å². The molecule has 8 heteroatoms. The van der Waals surface area contributed by atoms with Crippen molar-refractivity contribution in [3.63, 3.8) is 0 Å². The molecule has 7 nitrogen and oxygen atoms in total. The molecule has 2 aromatic rings. The summed E-state index contributed by atoms with van der Waals surface area (Å²) in [4.78, 5) is 25.1. The molecule has 1 fully saturated rings. The molecule has 32 heavy (non-hydrogen) atoms. The summed E-state index contributed by atoms with van der Waals surface area (Å²) in [7, 11) is 0. The van der Waals surface area contributed by atoms with Gasteiger partial charge in [-0.25, -0.2) is 0 Å². The number of thiocarbonyl (C=S) groups is 1. The van der Waals surface area contributed by atoms with Gasteiger partial charge in [0.05, 0.1) is 24.0 Å². The summed E-state index contributed by atoms with van der Waals surface area (Å²) in [6.45, 7) is 5.95. The zero-order valence-electron chi connectivity index (χ0n) is 18.4. The normalized spacial score (nSPS) is 15.3. The minimum absolute atomic E-state index is 0.0570. The van der Waals surface area contributed by atoms with Crippen molar-refractivity contribution < 1.29 is 19.1 Å². The van der Waals surface area contributed by atoms with Crippen LogP contribution in [-0.2, 0) is 4.74 Å². The summed E-state index contributed by atoms with van der Waals surface area (Å²) in [5.41, 5.74) is 1.41. The lowest BCUT2D eigenvalue weighted by Gasteiger charge is -2.15. The third-order valence-electron chi connectivity index (χ3n) is 4.86. The molecular weight excluding hydrogens is 426 g/mol. The smallest absolute Gasteiger partial charge is 0.257 e. The monoisotopic (exact) mass is 455 g/mol. The molecule has 1 saturated heterocycles. The van der Waals surface area contributed by atoms with Gasteiger partial charge in [-0.3, -0.25) is 14.9 Å². The highest BCUT2D eigenvalue weighted by Gasteiger charge is 2.18. The molecule has 0 aliphatic carbocycles. The Balaban J connectivity index is 1.55. The maximum atomic E-state index is 12.6. The van der Waals surface area contributed by atoms with Gasteiger partial charge in [0.25, 0.3) is 11.8 Å². The number of anilines is 1. The van der Waals surface area contributed by atoms with Crippen molar-refractivity contribution in [1.82, 2.24) is 10.6 Å². The standard InChI is InChI=1S/C24H29N3O4S/c1-16(2)15-31-18-11-9-17(10-12-18)22(28)27-24(32)26-21-8-4-3-7-20(21)23(29)25-14-19-6-5-13-30-19/h3-4,7-12,16,19H,5-6,13-15H2,1-2H3,(H,25,29)(H2,26,27,28,32)/t19-/m0/s1. The summed E-state index contributed by atoms with van der Waals surface area (Å²) >= 11 is 5.29. The van der Waals surface area contributed by atoms with Gasteiger partial charge in [0.2, 0.25) is 0 Å². The molecule has 2 aromatic carbocycles. The van der Waals surface area contributed by atoms with Crippen LogP contribution in [-0.4, -0.2) is 42.8 Å². The summed E-state index contributed by atoms with van der Waals surface area (Å²) in [5, 5.41) is 8.60. The van der Waals surface area contributed by atoms with Gasteiger partial charge >= 0.3 is 0 Å². The Hall–Kier alpha value is -2.97. The van der Waals surface area contributed by atoms with Gasteiger partial charge in [-0.1, -0.05) is 26.0 Å². The number of ether oxygens (including phenoxy) is 2. The topological polar surface area (TPSA) is 88.7 Å². The quantitative estimate of drug-likeness (QED) is 0.526. The van der Waals surface area contributed by atoms with Crippen LogP contribution < -0.4 is 20.7 Å². The van der Waals surface area contributed by atoms with Gasteiger partial charge in [-0.05, 0) is 67.4 Å². The van der Waals surface area contributed by atoms with Crippen LogP contribution in [0.1, 0.15) is 47.4 Å². The maximum absolute atomic E-state index is 12.6. The molecule has 0 unspecified atom stereocenters. The van der Waals surface area contributed by atoms with E-state index < -0.39 is 0 Å². The fourth-order valence-corrected chi connectivity index (χ4v) is 3.39. The Bertz CT molecular complexity index is 941. The summed E-state index contributed by atoms with van der Waals surface area (Å²) in [6.07, 6.45) is 2.02. The van der Waals surface area contributed by atoms with Crippen molar-refractivity contribution in [1.29, 1.82) is 0 Å². The summed E-state index contributed by atoms with van der Waals surface area (Å²) in [5.74, 6) is 0.550. The molecule has 170 valence electrons. The number of benzene rings is 2. The number of amides is 2. The number of para-hydroxylation sites is 1. The van der Waals surface area contributed by atoms with Gasteiger partial charge in [0, 0.05) is 18.7 Å². The lowest BCUT2D eigenvalue weighted by atomic mass is 10.1. The predicted octanol–water partition coefficient (Wildman–Crippen LogP) is 3.76. The average molecular weight is 456 g/mol. The molecule has 0 aromatic heterocycles. The molecule has 0 bridgehead atoms. The van der Waals surface area contributed by atoms with E-state index in [2.05, 4.69) is 29.8 Å². The lowest BCUT2D eigenvalue weighted by molar-refractivity contribution is 0.0858. The number of hydrogen-bond acceptors (Lipinski definition) is 5. The van der Waals surface area contributed by atoms with E-state index in [0.717, 1.165) is 19.4 Å². The summed E-state index contributed by atoms with van der Waals surface area (Å²) < 4.78 is 11.2. The van der Waals surface area contributed by atoms with E-state index in [-0.39, 0.29) is 23.0 Å². The second-order valence-electron chi connectivity index (χ2n) is 8.03. The third kappa shape index (κ3) is 7.03. The molecule has 1 heterocycles. The Morgan fingerprint density at radius 3 is 2.56 bits per heavy atom. The van der Waals surface area contributed by atoms with Crippen LogP contribution in [0.3, 0.4) is 0 Å². The van der Waals surface area contributed by atoms with Crippen LogP contribution in [0.25, 0.3) is 0 Å². The molecule has 1 aliphatic rings. The molecule has 3 N–H and O–H groups in total. The van der Waals surface area contributed by atoms with Gasteiger partial charge in [-0.15, -0.1) is 0 Å². The molecule has 2 amide bonds. The van der Waals surface area contributed by atoms with Crippen molar-refractivity contribution >= 4 is 34.8 Å². The van der Waals surface area contributed by atoms with Crippen molar-refractivity contribution in [2.24, 2.45) is 5.92 Å². The van der Waals surface area contributed by atoms with E-state index in [4.69, 9.17) is 21.7 Å². The maximum Gasteiger partial charge on any atom is 0.257 e. The van der Waals surface area contributed by atoms with E-state index in [9.17, 15) is 9.59 Å². The first-order valence-corrected chi connectivity index (χ1v) is 11.2. The molecule has 1 aliphatic heterocycles. The predicted molar refractivity (Wildman–Crippen MR) is 128 cm³/mol. The molecule has 1 atom stereocenters. The fourth-order valence-electron chi connectivity index (χ4n) is 3.19. The molecule has 0 saturated carbocycles. The van der Waals surface area contributed by atoms with Gasteiger partial charge in [-0.2, -0.15) is 0 Å². The van der Waals surface area contributed by atoms with Crippen LogP contribution in [0.4, 0.5) is 5.69 Å². The lowest BCUT2D eigenvalue weighted by Crippen LogP contribution is -2.35. The number of nitrogens with one attached hydrogen (secondary N) is 3. The van der Waals surface area contributed by atoms with E-state index in [1.807, 2.05) is 0 Å². The largest absolute Gasteiger partial charge is 0.493 e. The first kappa shape index (κ1) is 23.7. The van der Waals surface area contributed by atoms with Crippen LogP contribution in [0.5, 0.6) is 5.75 Å². The van der Waals surface area contributed by atoms with Crippen molar-refractivity contribution in [2.45, 2.75) is 32.8 Å². The van der Waals surface area contributed by atoms with E-state index >= 15 is 0 Å². The number of rotatable bonds is 8. The minimum atomic E-state index is -0.349. The van der Waals surface area contributed by atoms with Crippen LogP contribution in [0.2, 0.25) is 0 Å². The van der Waals surface area contributed by atoms with Gasteiger partial charge in [0.15, 0.2) is 5.11 Å². The zero-order valence-corrected chi connectivity index (χ0v) is 19.2. The Kier molecular flexibility index (Phi) is 8.58. The highest BCUT2D eigenvalue weighted by Crippen LogP contribution is 2.17. The molecule has 3 rings (SSSR count). The second kappa shape index (κ2) is 11.6. The van der Waals surface area contributed by atoms with E-state index in [1.165, 1.54) is 0 Å². The molecule has 0 radical (unpaired) electrons. The number of carbonyl (C=O) groups is 2. The Labute approximate surface area is 193 Å². The highest BCUT2D eigenvalue weighted by atomic mass is 32.1. The van der Waals surface area contributed by atoms with E-state index in [1.54, 1.807) is 48.5 Å². The van der Waals surface area contributed by atoms with Crippen molar-refractivity contribution in [2.75, 3.05) is 25.1 Å². The fraction of sp³-hybridized carbons (Fsp3) is 0.375. The Morgan fingerprint density at radius 2 is 1.88 bits per heavy atom. The van der Waals surface area contributed by atoms with Crippen LogP contribution in [0.15, 0.2) is 48.5 Å². The van der Waals surface area contributed by atoms with Gasteiger partial charge in [0.1, 0.15) is 5.75 Å². The SMILES string of the molecule is CC(C)COc1ccc(C(=O)NC(=S)Nc2ccccc2C(=O)NC[C@@H]2CCCO2)cc1. The molecular formula is C24H29N3O4S. The van der Waals surface area contributed by atoms with Crippen molar-refractivity contribution in [3.8, 4) is 5.75 Å². The van der Waals surface area contributed by atoms with E-state index in [0.29, 0.717) is 41.6 Å². The highest BCUT2D eigenvalue weighted by molar-refractivity contribution is 7.80. The summed E-state index contributed by atoms with van der Waals surface area (Å²) in [6, 6.07) is 13.9. The minimum Gasteiger partial charge on any atom is -0.493 e. The average Bonchev–Trinajstić information content (AvgIpc) is 3.30. The first-order valence-electron chi connectivity index (χ1n) is 10.8. The van der Waals surface area contributed by atoms with Crippen molar-refractivity contribution in [3.05, 3.63) is 59.7 Å². The van der Waals surface area contributed by atoms with Gasteiger partial charge < -0.3 is 20.1 Å². The number of hydrogen-bond donors (Lipinski definition) is 3. The third-order valence-corrected chi connectivity index (χ3v) is 5.07. The second-order valence-corrected chi connectivity index (χ2v) is 8.44. The number of carbonyl (C=O) groups excluding carboxylic acids is 2. The molecule has 0 spiro atoms. The van der Waals surface area contributed by atoms with Crippen LogP contribution >= 0.6 is 12.2 Å². The first-order chi connectivity index (χ1) is 15.4. The Morgan fingerprint density at radius 1 is 1.12 bits per heavy atom. The zero-order chi connectivity index (χ0) is 22.9.